The molecule has 0 saturated heterocycles. The molecule has 1 unspecified atom stereocenters. The van der Waals surface area contributed by atoms with Crippen LogP contribution in [0.2, 0.25) is 15.1 Å². The second kappa shape index (κ2) is 15.1. The van der Waals surface area contributed by atoms with Crippen LogP contribution in [0.1, 0.15) is 29.3 Å². The van der Waals surface area contributed by atoms with E-state index in [9.17, 15) is 18.8 Å². The van der Waals surface area contributed by atoms with E-state index in [4.69, 9.17) is 34.8 Å². The van der Waals surface area contributed by atoms with Gasteiger partial charge in [0.1, 0.15) is 11.5 Å². The van der Waals surface area contributed by atoms with E-state index in [0.717, 1.165) is 0 Å². The monoisotopic (exact) mass is 655 g/mol. The average Bonchev–Trinajstić information content (AvgIpc) is 2.97. The quantitative estimate of drug-likeness (QED) is 0.118. The summed E-state index contributed by atoms with van der Waals surface area (Å²) in [4.78, 5) is 40.0. The molecule has 0 aromatic heterocycles. The molecule has 4 rings (SSSR count). The summed E-state index contributed by atoms with van der Waals surface area (Å²) in [5.74, 6) is -2.16. The summed E-state index contributed by atoms with van der Waals surface area (Å²) >= 11 is 19.6. The van der Waals surface area contributed by atoms with E-state index in [0.29, 0.717) is 38.3 Å². The minimum atomic E-state index is -0.701. The number of thioether (sulfide) groups is 1. The van der Waals surface area contributed by atoms with Crippen molar-refractivity contribution in [3.8, 4) is 0 Å². The van der Waals surface area contributed by atoms with Crippen molar-refractivity contribution in [3.05, 3.63) is 129 Å². The Hall–Kier alpha value is -3.82. The molecule has 0 fully saturated rings. The molecule has 0 saturated carbocycles. The topological polar surface area (TPSA) is 87.3 Å². The van der Waals surface area contributed by atoms with Gasteiger partial charge in [0.25, 0.3) is 11.8 Å². The predicted octanol–water partition coefficient (Wildman–Crippen LogP) is 8.70. The first-order chi connectivity index (χ1) is 20.6. The highest BCUT2D eigenvalue weighted by Gasteiger charge is 2.20. The van der Waals surface area contributed by atoms with Crippen LogP contribution >= 0.6 is 46.6 Å². The SMILES string of the molecule is CCC(Sc1cccc(NC(=O)/C(=C\c2c(F)cccc2Cl)NC(=O)c2ccccc2)c1)C(=O)Nc1cc(Cl)cc(Cl)c1. The molecule has 3 amide bonds. The molecular weight excluding hydrogens is 632 g/mol. The van der Waals surface area contributed by atoms with Gasteiger partial charge in [0.2, 0.25) is 5.91 Å². The molecule has 3 N–H and O–H groups in total. The van der Waals surface area contributed by atoms with Crippen molar-refractivity contribution in [1.29, 1.82) is 0 Å². The fraction of sp³-hybridized carbons (Fsp3) is 0.0938. The van der Waals surface area contributed by atoms with Crippen molar-refractivity contribution < 1.29 is 18.8 Å². The summed E-state index contributed by atoms with van der Waals surface area (Å²) in [6.45, 7) is 1.88. The first kappa shape index (κ1) is 32.1. The van der Waals surface area contributed by atoms with Crippen molar-refractivity contribution in [2.24, 2.45) is 0 Å². The summed E-state index contributed by atoms with van der Waals surface area (Å²) in [6, 6.07) is 24.1. The molecule has 0 radical (unpaired) electrons. The van der Waals surface area contributed by atoms with Gasteiger partial charge in [0.05, 0.1) is 10.3 Å². The number of anilines is 2. The van der Waals surface area contributed by atoms with Gasteiger partial charge >= 0.3 is 0 Å². The molecule has 0 aliphatic rings. The van der Waals surface area contributed by atoms with E-state index in [1.807, 2.05) is 6.92 Å². The third kappa shape index (κ3) is 9.08. The van der Waals surface area contributed by atoms with E-state index in [2.05, 4.69) is 16.0 Å². The van der Waals surface area contributed by atoms with Gasteiger partial charge in [-0.05, 0) is 73.2 Å². The predicted molar refractivity (Wildman–Crippen MR) is 173 cm³/mol. The van der Waals surface area contributed by atoms with Gasteiger partial charge in [0, 0.05) is 37.4 Å². The van der Waals surface area contributed by atoms with Crippen molar-refractivity contribution >= 4 is 81.7 Å². The number of hydrogen-bond donors (Lipinski definition) is 3. The Labute approximate surface area is 267 Å². The Morgan fingerprint density at radius 1 is 0.837 bits per heavy atom. The van der Waals surface area contributed by atoms with Crippen LogP contribution in [0.5, 0.6) is 0 Å². The zero-order valence-corrected chi connectivity index (χ0v) is 25.8. The van der Waals surface area contributed by atoms with Gasteiger partial charge in [-0.15, -0.1) is 11.8 Å². The standard InChI is InChI=1S/C32H25Cl3FN3O3S/c1-2-29(32(42)38-23-15-20(33)14-21(34)16-23)43-24-11-6-10-22(17-24)37-31(41)28(18-25-26(35)12-7-13-27(25)36)39-30(40)19-8-4-3-5-9-19/h3-18,29H,2H2,1H3,(H,37,41)(H,38,42)(H,39,40)/b28-18+. The summed E-state index contributed by atoms with van der Waals surface area (Å²) < 4.78 is 14.6. The second-order valence-electron chi connectivity index (χ2n) is 9.16. The Bertz CT molecular complexity index is 1640. The Morgan fingerprint density at radius 3 is 2.21 bits per heavy atom. The Morgan fingerprint density at radius 2 is 1.53 bits per heavy atom. The van der Waals surface area contributed by atoms with E-state index < -0.39 is 22.9 Å². The number of carbonyl (C=O) groups excluding carboxylic acids is 3. The van der Waals surface area contributed by atoms with Gasteiger partial charge in [0.15, 0.2) is 0 Å². The summed E-state index contributed by atoms with van der Waals surface area (Å²) in [7, 11) is 0. The Balaban J connectivity index is 1.53. The highest BCUT2D eigenvalue weighted by Crippen LogP contribution is 2.30. The van der Waals surface area contributed by atoms with Crippen LogP contribution in [0, 0.1) is 5.82 Å². The molecule has 0 spiro atoms. The lowest BCUT2D eigenvalue weighted by atomic mass is 10.1. The number of nitrogens with one attached hydrogen (secondary N) is 3. The molecule has 43 heavy (non-hydrogen) atoms. The summed E-state index contributed by atoms with van der Waals surface area (Å²) in [5, 5.41) is 8.55. The zero-order valence-electron chi connectivity index (χ0n) is 22.7. The third-order valence-electron chi connectivity index (χ3n) is 5.98. The van der Waals surface area contributed by atoms with E-state index in [1.165, 1.54) is 36.0 Å². The highest BCUT2D eigenvalue weighted by molar-refractivity contribution is 8.00. The fourth-order valence-corrected chi connectivity index (χ4v) is 5.67. The van der Waals surface area contributed by atoms with E-state index >= 15 is 0 Å². The number of amides is 3. The molecule has 1 atom stereocenters. The van der Waals surface area contributed by atoms with Crippen molar-refractivity contribution in [3.63, 3.8) is 0 Å². The second-order valence-corrected chi connectivity index (χ2v) is 11.7. The van der Waals surface area contributed by atoms with Crippen LogP contribution in [0.4, 0.5) is 15.8 Å². The Kier molecular flexibility index (Phi) is 11.3. The number of rotatable bonds is 10. The maximum Gasteiger partial charge on any atom is 0.272 e. The molecule has 220 valence electrons. The van der Waals surface area contributed by atoms with Crippen LogP contribution in [-0.2, 0) is 9.59 Å². The summed E-state index contributed by atoms with van der Waals surface area (Å²) in [5.41, 5.74) is 0.915. The van der Waals surface area contributed by atoms with Crippen LogP contribution in [-0.4, -0.2) is 23.0 Å². The van der Waals surface area contributed by atoms with E-state index in [-0.39, 0.29) is 22.2 Å². The highest BCUT2D eigenvalue weighted by atomic mass is 35.5. The number of hydrogen-bond acceptors (Lipinski definition) is 4. The molecule has 4 aromatic carbocycles. The number of benzene rings is 4. The molecule has 0 bridgehead atoms. The van der Waals surface area contributed by atoms with Crippen LogP contribution in [0.3, 0.4) is 0 Å². The molecule has 0 aliphatic carbocycles. The molecule has 0 heterocycles. The van der Waals surface area contributed by atoms with Gasteiger partial charge in [-0.3, -0.25) is 14.4 Å². The molecule has 0 aliphatic heterocycles. The van der Waals surface area contributed by atoms with Crippen LogP contribution < -0.4 is 16.0 Å². The molecule has 6 nitrogen and oxygen atoms in total. The zero-order chi connectivity index (χ0) is 30.9. The minimum absolute atomic E-state index is 0.0511. The maximum absolute atomic E-state index is 14.6. The fourth-order valence-electron chi connectivity index (χ4n) is 3.92. The van der Waals surface area contributed by atoms with Gasteiger partial charge in [-0.1, -0.05) is 72.1 Å². The lowest BCUT2D eigenvalue weighted by Crippen LogP contribution is -2.30. The maximum atomic E-state index is 14.6. The van der Waals surface area contributed by atoms with Crippen LogP contribution in [0.15, 0.2) is 102 Å². The smallest absolute Gasteiger partial charge is 0.272 e. The largest absolute Gasteiger partial charge is 0.325 e. The van der Waals surface area contributed by atoms with Crippen molar-refractivity contribution in [1.82, 2.24) is 5.32 Å². The third-order valence-corrected chi connectivity index (χ3v) is 8.10. The number of halogens is 4. The van der Waals surface area contributed by atoms with Gasteiger partial charge in [-0.2, -0.15) is 0 Å². The lowest BCUT2D eigenvalue weighted by molar-refractivity contribution is -0.116. The first-order valence-corrected chi connectivity index (χ1v) is 15.0. The van der Waals surface area contributed by atoms with Crippen LogP contribution in [0.25, 0.3) is 6.08 Å². The van der Waals surface area contributed by atoms with Crippen molar-refractivity contribution in [2.75, 3.05) is 10.6 Å². The van der Waals surface area contributed by atoms with Gasteiger partial charge in [-0.25, -0.2) is 4.39 Å². The molecule has 11 heteroatoms. The summed E-state index contributed by atoms with van der Waals surface area (Å²) in [6.07, 6.45) is 1.70. The number of carbonyl (C=O) groups is 3. The first-order valence-electron chi connectivity index (χ1n) is 13.0. The average molecular weight is 657 g/mol. The lowest BCUT2D eigenvalue weighted by Gasteiger charge is -2.16. The molecular formula is C32H25Cl3FN3O3S. The van der Waals surface area contributed by atoms with Crippen molar-refractivity contribution in [2.45, 2.75) is 23.5 Å². The molecule has 4 aromatic rings. The van der Waals surface area contributed by atoms with Gasteiger partial charge < -0.3 is 16.0 Å². The van der Waals surface area contributed by atoms with E-state index in [1.54, 1.807) is 72.8 Å². The normalized spacial score (nSPS) is 11.9. The minimum Gasteiger partial charge on any atom is -0.325 e.